The van der Waals surface area contributed by atoms with Gasteiger partial charge in [0, 0.05) is 0 Å². The number of carboxylic acid groups (broad SMARTS) is 1. The summed E-state index contributed by atoms with van der Waals surface area (Å²) in [6, 6.07) is -0.676. The van der Waals surface area contributed by atoms with Gasteiger partial charge in [-0.15, -0.1) is 0 Å². The van der Waals surface area contributed by atoms with E-state index in [-0.39, 0.29) is 0 Å². The molecule has 0 aliphatic heterocycles. The molecule has 72 valence electrons. The van der Waals surface area contributed by atoms with Gasteiger partial charge in [-0.2, -0.15) is 0 Å². The van der Waals surface area contributed by atoms with Crippen molar-refractivity contribution in [3.05, 3.63) is 0 Å². The van der Waals surface area contributed by atoms with Crippen molar-refractivity contribution in [2.45, 2.75) is 29.5 Å². The fraction of sp³-hybridized carbons (Fsp3) is 0.857. The van der Waals surface area contributed by atoms with Gasteiger partial charge in [0.2, 0.25) is 0 Å². The van der Waals surface area contributed by atoms with Crippen LogP contribution in [0.2, 0.25) is 10.6 Å². The van der Waals surface area contributed by atoms with Gasteiger partial charge in [0.15, 0.2) is 0 Å². The molecule has 0 rings (SSSR count). The zero-order valence-corrected chi connectivity index (χ0v) is 8.74. The molecule has 12 heavy (non-hydrogen) atoms. The summed E-state index contributed by atoms with van der Waals surface area (Å²) in [5, 5.41) is 10.5. The Kier molecular flexibility index (Phi) is 7.50. The van der Waals surface area contributed by atoms with Gasteiger partial charge < -0.3 is 0 Å². The number of hydrogen-bond donors (Lipinski definition) is 3. The van der Waals surface area contributed by atoms with E-state index in [1.165, 1.54) is 0 Å². The topological polar surface area (TPSA) is 89.3 Å². The van der Waals surface area contributed by atoms with Gasteiger partial charge in [-0.05, 0) is 0 Å². The molecule has 0 saturated heterocycles. The molecular weight excluding hydrogens is 223 g/mol. The van der Waals surface area contributed by atoms with Gasteiger partial charge in [-0.25, -0.2) is 0 Å². The molecular formula is C7H16N2O2Se. The maximum absolute atomic E-state index is 10.3. The van der Waals surface area contributed by atoms with Crippen molar-refractivity contribution in [3.63, 3.8) is 0 Å². The summed E-state index contributed by atoms with van der Waals surface area (Å²) >= 11 is 0.520. The second-order valence-electron chi connectivity index (χ2n) is 2.49. The Bertz CT molecular complexity index is 133. The SMILES string of the molecule is NCCC[Se]CCC(N)C(=O)O. The molecule has 0 radical (unpaired) electrons. The van der Waals surface area contributed by atoms with E-state index in [0.29, 0.717) is 21.4 Å². The minimum absolute atomic E-state index is 0.520. The monoisotopic (exact) mass is 240 g/mol. The van der Waals surface area contributed by atoms with Crippen LogP contribution in [0.3, 0.4) is 0 Å². The minimum atomic E-state index is -0.898. The molecule has 5 N–H and O–H groups in total. The Balaban J connectivity index is 3.14. The summed E-state index contributed by atoms with van der Waals surface area (Å²) in [5.74, 6) is -0.898. The Hall–Kier alpha value is -0.0905. The van der Waals surface area contributed by atoms with Crippen LogP contribution in [0.25, 0.3) is 0 Å². The van der Waals surface area contributed by atoms with Crippen LogP contribution in [-0.4, -0.2) is 38.6 Å². The zero-order chi connectivity index (χ0) is 9.40. The molecule has 0 aliphatic carbocycles. The second-order valence-corrected chi connectivity index (χ2v) is 5.06. The summed E-state index contributed by atoms with van der Waals surface area (Å²) in [6.07, 6.45) is 1.64. The van der Waals surface area contributed by atoms with Crippen molar-refractivity contribution in [1.29, 1.82) is 0 Å². The Morgan fingerprint density at radius 1 is 1.50 bits per heavy atom. The molecule has 0 amide bonds. The number of carboxylic acids is 1. The molecule has 0 aromatic carbocycles. The second kappa shape index (κ2) is 7.55. The van der Waals surface area contributed by atoms with Crippen molar-refractivity contribution in [2.24, 2.45) is 11.5 Å². The zero-order valence-electron chi connectivity index (χ0n) is 7.03. The van der Waals surface area contributed by atoms with E-state index in [0.717, 1.165) is 23.6 Å². The van der Waals surface area contributed by atoms with Gasteiger partial charge in [-0.1, -0.05) is 0 Å². The average molecular weight is 239 g/mol. The Morgan fingerprint density at radius 2 is 2.17 bits per heavy atom. The van der Waals surface area contributed by atoms with Crippen molar-refractivity contribution in [1.82, 2.24) is 0 Å². The predicted octanol–water partition coefficient (Wildman–Crippen LogP) is -0.322. The Morgan fingerprint density at radius 3 is 2.67 bits per heavy atom. The molecule has 0 heterocycles. The quantitative estimate of drug-likeness (QED) is 0.419. The molecule has 0 bridgehead atoms. The van der Waals surface area contributed by atoms with Crippen molar-refractivity contribution >= 4 is 20.9 Å². The average Bonchev–Trinajstić information content (AvgIpc) is 2.03. The molecule has 4 nitrogen and oxygen atoms in total. The third-order valence-corrected chi connectivity index (χ3v) is 3.69. The van der Waals surface area contributed by atoms with E-state index in [9.17, 15) is 4.79 Å². The van der Waals surface area contributed by atoms with Crippen LogP contribution in [0.15, 0.2) is 0 Å². The third kappa shape index (κ3) is 6.61. The molecule has 0 spiro atoms. The number of hydrogen-bond acceptors (Lipinski definition) is 3. The molecule has 1 unspecified atom stereocenters. The predicted molar refractivity (Wildman–Crippen MR) is 49.3 cm³/mol. The van der Waals surface area contributed by atoms with E-state index in [2.05, 4.69) is 0 Å². The van der Waals surface area contributed by atoms with E-state index in [1.54, 1.807) is 0 Å². The fourth-order valence-corrected chi connectivity index (χ4v) is 2.71. The van der Waals surface area contributed by atoms with Crippen molar-refractivity contribution in [3.8, 4) is 0 Å². The van der Waals surface area contributed by atoms with Crippen molar-refractivity contribution < 1.29 is 9.90 Å². The van der Waals surface area contributed by atoms with Crippen LogP contribution in [0, 0.1) is 0 Å². The first kappa shape index (κ1) is 11.9. The van der Waals surface area contributed by atoms with E-state index in [1.807, 2.05) is 0 Å². The fourth-order valence-electron chi connectivity index (χ4n) is 0.621. The molecule has 0 aliphatic rings. The van der Waals surface area contributed by atoms with Gasteiger partial charge in [-0.3, -0.25) is 0 Å². The molecule has 0 fully saturated rings. The first-order valence-electron chi connectivity index (χ1n) is 3.94. The van der Waals surface area contributed by atoms with Gasteiger partial charge in [0.05, 0.1) is 0 Å². The summed E-state index contributed by atoms with van der Waals surface area (Å²) in [6.45, 7) is 0.729. The number of rotatable bonds is 7. The standard InChI is InChI=1S/C7H16N2O2Se/c8-3-1-4-12-5-2-6(9)7(10)11/h6H,1-5,8-9H2,(H,10,11). The van der Waals surface area contributed by atoms with E-state index >= 15 is 0 Å². The number of aliphatic carboxylic acids is 1. The molecule has 0 saturated carbocycles. The van der Waals surface area contributed by atoms with Gasteiger partial charge in [0.25, 0.3) is 0 Å². The molecule has 0 aromatic rings. The van der Waals surface area contributed by atoms with Gasteiger partial charge in [0.1, 0.15) is 0 Å². The van der Waals surface area contributed by atoms with Crippen LogP contribution < -0.4 is 11.5 Å². The summed E-state index contributed by atoms with van der Waals surface area (Å²) in [4.78, 5) is 10.3. The number of nitrogens with two attached hydrogens (primary N) is 2. The normalized spacial score (nSPS) is 12.8. The molecule has 5 heteroatoms. The van der Waals surface area contributed by atoms with Crippen LogP contribution in [0.1, 0.15) is 12.8 Å². The van der Waals surface area contributed by atoms with Crippen LogP contribution >= 0.6 is 0 Å². The maximum atomic E-state index is 10.3. The first-order valence-corrected chi connectivity index (χ1v) is 6.37. The first-order chi connectivity index (χ1) is 5.68. The van der Waals surface area contributed by atoms with E-state index in [4.69, 9.17) is 16.6 Å². The van der Waals surface area contributed by atoms with E-state index < -0.39 is 12.0 Å². The summed E-state index contributed by atoms with van der Waals surface area (Å²) < 4.78 is 0. The van der Waals surface area contributed by atoms with Crippen LogP contribution in [0.4, 0.5) is 0 Å². The Labute approximate surface area is 78.8 Å². The van der Waals surface area contributed by atoms with Crippen molar-refractivity contribution in [2.75, 3.05) is 6.54 Å². The molecule has 0 aromatic heterocycles. The van der Waals surface area contributed by atoms with Crippen LogP contribution in [0.5, 0.6) is 0 Å². The summed E-state index contributed by atoms with van der Waals surface area (Å²) in [5.41, 5.74) is 10.6. The molecule has 1 atom stereocenters. The summed E-state index contributed by atoms with van der Waals surface area (Å²) in [7, 11) is 0. The third-order valence-electron chi connectivity index (χ3n) is 1.38. The number of carbonyl (C=O) groups is 1. The van der Waals surface area contributed by atoms with Crippen LogP contribution in [-0.2, 0) is 4.79 Å². The van der Waals surface area contributed by atoms with Gasteiger partial charge >= 0.3 is 78.4 Å².